The number of aliphatic carboxylic acids is 2. The average molecular weight is 615 g/mol. The minimum Gasteiger partial charge on any atom is -0.480 e. The number of nitrogens with one attached hydrogen (secondary N) is 4. The molecule has 0 aromatic heterocycles. The Labute approximate surface area is 239 Å². The lowest BCUT2D eigenvalue weighted by Gasteiger charge is -2.16. The van der Waals surface area contributed by atoms with Crippen LogP contribution in [0.1, 0.15) is 25.7 Å². The third-order valence-electron chi connectivity index (χ3n) is 4.28. The highest BCUT2D eigenvalue weighted by Crippen LogP contribution is 1.98. The smallest absolute Gasteiger partial charge is 0.327 e. The van der Waals surface area contributed by atoms with Gasteiger partial charge in [0.1, 0.15) is 18.6 Å². The second kappa shape index (κ2) is 23.3. The molecule has 0 aromatic rings. The number of ether oxygens (including phenoxy) is 2. The highest BCUT2D eigenvalue weighted by Gasteiger charge is 2.20. The van der Waals surface area contributed by atoms with Crippen molar-refractivity contribution >= 4 is 73.8 Å². The molecule has 0 rings (SSSR count). The molecule has 4 amide bonds. The summed E-state index contributed by atoms with van der Waals surface area (Å²) < 4.78 is 8.77. The van der Waals surface area contributed by atoms with Gasteiger partial charge in [0, 0.05) is 37.2 Å². The minimum atomic E-state index is -1.21. The Morgan fingerprint density at radius 3 is 1.62 bits per heavy atom. The van der Waals surface area contributed by atoms with E-state index in [-0.39, 0.29) is 56.7 Å². The largest absolute Gasteiger partial charge is 0.480 e. The van der Waals surface area contributed by atoms with Gasteiger partial charge in [-0.05, 0) is 0 Å². The van der Waals surface area contributed by atoms with Gasteiger partial charge >= 0.3 is 11.9 Å². The van der Waals surface area contributed by atoms with Crippen LogP contribution in [0.3, 0.4) is 0 Å². The van der Waals surface area contributed by atoms with Gasteiger partial charge in [0.2, 0.25) is 23.6 Å². The van der Waals surface area contributed by atoms with Crippen molar-refractivity contribution in [2.75, 3.05) is 24.6 Å². The molecular weight excluding hydrogens is 580 g/mol. The predicted octanol–water partition coefficient (Wildman–Crippen LogP) is -4.32. The zero-order valence-electron chi connectivity index (χ0n) is 21.1. The van der Waals surface area contributed by atoms with Crippen molar-refractivity contribution in [1.29, 1.82) is 0 Å². The Morgan fingerprint density at radius 1 is 0.725 bits per heavy atom. The van der Waals surface area contributed by atoms with E-state index in [2.05, 4.69) is 56.0 Å². The highest BCUT2D eigenvalue weighted by molar-refractivity contribution is 7.80. The van der Waals surface area contributed by atoms with Gasteiger partial charge in [0.15, 0.2) is 12.5 Å². The maximum Gasteiger partial charge on any atom is 0.327 e. The van der Waals surface area contributed by atoms with Crippen LogP contribution in [0.2, 0.25) is 0 Å². The van der Waals surface area contributed by atoms with Gasteiger partial charge in [-0.2, -0.15) is 25.3 Å². The first-order valence-corrected chi connectivity index (χ1v) is 12.6. The monoisotopic (exact) mass is 614 g/mol. The SMILES string of the molecule is NC(CCC(=O)N[C@@H](CS)C(=O)NCC(=O)O)OC=O.N[C@@H](CCC(=O)NCC(=O)N[C@H](CS)C(=O)O)OC=O. The summed E-state index contributed by atoms with van der Waals surface area (Å²) in [5, 5.41) is 26.1. The second-order valence-electron chi connectivity index (χ2n) is 7.45. The van der Waals surface area contributed by atoms with Crippen LogP contribution in [0.5, 0.6) is 0 Å². The number of thiol groups is 2. The van der Waals surface area contributed by atoms with Crippen molar-refractivity contribution in [3.63, 3.8) is 0 Å². The molecule has 1 unspecified atom stereocenters. The molecule has 0 aliphatic heterocycles. The van der Waals surface area contributed by atoms with Crippen molar-refractivity contribution in [2.24, 2.45) is 11.5 Å². The number of amides is 4. The van der Waals surface area contributed by atoms with Crippen LogP contribution >= 0.6 is 25.3 Å². The molecule has 20 heteroatoms. The molecule has 0 fully saturated rings. The second-order valence-corrected chi connectivity index (χ2v) is 8.18. The summed E-state index contributed by atoms with van der Waals surface area (Å²) in [6.45, 7) is -0.546. The molecule has 10 N–H and O–H groups in total. The van der Waals surface area contributed by atoms with Crippen molar-refractivity contribution in [1.82, 2.24) is 21.3 Å². The number of hydrogen-bond acceptors (Lipinski definition) is 14. The molecule has 0 aliphatic rings. The number of carboxylic acid groups (broad SMARTS) is 2. The fraction of sp³-hybridized carbons (Fsp3) is 0.600. The first-order chi connectivity index (χ1) is 18.8. The Balaban J connectivity index is 0. The molecule has 0 heterocycles. The molecule has 18 nitrogen and oxygen atoms in total. The summed E-state index contributed by atoms with van der Waals surface area (Å²) in [6, 6.07) is -2.06. The fourth-order valence-corrected chi connectivity index (χ4v) is 2.77. The summed E-state index contributed by atoms with van der Waals surface area (Å²) in [4.78, 5) is 86.6. The third kappa shape index (κ3) is 21.3. The molecule has 228 valence electrons. The number of rotatable bonds is 20. The van der Waals surface area contributed by atoms with Crippen LogP contribution in [-0.4, -0.2) is 108 Å². The van der Waals surface area contributed by atoms with E-state index in [1.54, 1.807) is 0 Å². The van der Waals surface area contributed by atoms with Crippen molar-refractivity contribution < 1.29 is 58.0 Å². The Morgan fingerprint density at radius 2 is 1.20 bits per heavy atom. The molecule has 0 radical (unpaired) electrons. The van der Waals surface area contributed by atoms with E-state index in [0.717, 1.165) is 0 Å². The molecule has 0 spiro atoms. The molecule has 0 aromatic carbocycles. The maximum atomic E-state index is 11.5. The van der Waals surface area contributed by atoms with Crippen LogP contribution in [0.4, 0.5) is 0 Å². The van der Waals surface area contributed by atoms with Crippen LogP contribution in [0.25, 0.3) is 0 Å². The number of carbonyl (C=O) groups is 8. The minimum absolute atomic E-state index is 0.00802. The predicted molar refractivity (Wildman–Crippen MR) is 142 cm³/mol. The maximum absolute atomic E-state index is 11.5. The van der Waals surface area contributed by atoms with E-state index in [9.17, 15) is 38.4 Å². The molecule has 0 saturated carbocycles. The molecule has 0 aliphatic carbocycles. The third-order valence-corrected chi connectivity index (χ3v) is 5.01. The van der Waals surface area contributed by atoms with Gasteiger partial charge in [-0.3, -0.25) is 45.0 Å². The molecule has 0 saturated heterocycles. The number of nitrogens with two attached hydrogens (primary N) is 2. The van der Waals surface area contributed by atoms with Crippen molar-refractivity contribution in [3.05, 3.63) is 0 Å². The van der Waals surface area contributed by atoms with Crippen molar-refractivity contribution in [3.8, 4) is 0 Å². The van der Waals surface area contributed by atoms with Gasteiger partial charge in [-0.15, -0.1) is 0 Å². The van der Waals surface area contributed by atoms with Crippen LogP contribution in [0, 0.1) is 0 Å². The molecule has 40 heavy (non-hydrogen) atoms. The van der Waals surface area contributed by atoms with E-state index in [1.807, 2.05) is 0 Å². The summed E-state index contributed by atoms with van der Waals surface area (Å²) in [5.74, 6) is -4.71. The normalized spacial score (nSPS) is 12.9. The molecule has 4 atom stereocenters. The van der Waals surface area contributed by atoms with Crippen LogP contribution in [0.15, 0.2) is 0 Å². The molecular formula is C20H34N6O12S2. The van der Waals surface area contributed by atoms with Gasteiger partial charge in [0.05, 0.1) is 6.54 Å². The number of hydrogen-bond donors (Lipinski definition) is 10. The lowest BCUT2D eigenvalue weighted by Crippen LogP contribution is -2.49. The van der Waals surface area contributed by atoms with Gasteiger partial charge in [0.25, 0.3) is 12.9 Å². The van der Waals surface area contributed by atoms with Gasteiger partial charge in [-0.1, -0.05) is 0 Å². The van der Waals surface area contributed by atoms with Gasteiger partial charge < -0.3 is 41.0 Å². The van der Waals surface area contributed by atoms with E-state index in [0.29, 0.717) is 0 Å². The Hall–Kier alpha value is -3.62. The van der Waals surface area contributed by atoms with Crippen LogP contribution in [-0.2, 0) is 47.8 Å². The summed E-state index contributed by atoms with van der Waals surface area (Å²) in [5.41, 5.74) is 10.7. The summed E-state index contributed by atoms with van der Waals surface area (Å²) in [6.07, 6.45) is -1.65. The van der Waals surface area contributed by atoms with E-state index in [4.69, 9.17) is 21.7 Å². The topological polar surface area (TPSA) is 296 Å². The summed E-state index contributed by atoms with van der Waals surface area (Å²) >= 11 is 7.67. The van der Waals surface area contributed by atoms with E-state index < -0.39 is 66.7 Å². The average Bonchev–Trinajstić information content (AvgIpc) is 2.90. The lowest BCUT2D eigenvalue weighted by atomic mass is 10.2. The number of carbonyl (C=O) groups excluding carboxylic acids is 6. The quantitative estimate of drug-likeness (QED) is 0.0352. The first-order valence-electron chi connectivity index (χ1n) is 11.3. The highest BCUT2D eigenvalue weighted by atomic mass is 32.1. The van der Waals surface area contributed by atoms with Crippen molar-refractivity contribution in [2.45, 2.75) is 50.2 Å². The standard InChI is InChI=1S/2C10H17N3O6S/c11-7(19-5-14)1-2-8(15)13-6(4-20)10(18)12-3-9(16)17;11-7(19-5-14)1-2-8(15)12-3-9(16)13-6(4-20)10(17)18/h5-7,20H,1-4,11H2,(H,12,18)(H,13,15)(H,16,17);5-7,20H,1-4,11H2,(H,12,15)(H,13,16)(H,17,18)/t6-,7?;6-,7-/m01/s1. The first kappa shape index (κ1) is 38.5. The van der Waals surface area contributed by atoms with E-state index >= 15 is 0 Å². The van der Waals surface area contributed by atoms with Gasteiger partial charge in [-0.25, -0.2) is 4.79 Å². The lowest BCUT2D eigenvalue weighted by molar-refractivity contribution is -0.141. The Bertz CT molecular complexity index is 866. The number of carboxylic acids is 2. The summed E-state index contributed by atoms with van der Waals surface area (Å²) in [7, 11) is 0. The van der Waals surface area contributed by atoms with Crippen LogP contribution < -0.4 is 32.7 Å². The Kier molecular flexibility index (Phi) is 22.4. The zero-order valence-corrected chi connectivity index (χ0v) is 22.9. The zero-order chi connectivity index (χ0) is 31.1. The fourth-order valence-electron chi connectivity index (χ4n) is 2.27. The van der Waals surface area contributed by atoms with E-state index in [1.165, 1.54) is 0 Å². The molecule has 0 bridgehead atoms.